The van der Waals surface area contributed by atoms with Gasteiger partial charge in [0.1, 0.15) is 5.69 Å². The average molecular weight is 321 g/mol. The van der Waals surface area contributed by atoms with E-state index in [1.807, 2.05) is 30.3 Å². The number of hydrogen-bond donors (Lipinski definition) is 1. The second-order valence-electron chi connectivity index (χ2n) is 3.90. The summed E-state index contributed by atoms with van der Waals surface area (Å²) in [5, 5.41) is 3.24. The number of nitrogens with one attached hydrogen (secondary N) is 1. The second kappa shape index (κ2) is 6.33. The summed E-state index contributed by atoms with van der Waals surface area (Å²) >= 11 is 3.39. The zero-order valence-corrected chi connectivity index (χ0v) is 12.0. The SMILES string of the molecule is COC(=O)c1cc(NCc2ccc(Br)cc2)ccn1. The number of carbonyl (C=O) groups excluding carboxylic acids is 1. The number of carbonyl (C=O) groups is 1. The molecular weight excluding hydrogens is 308 g/mol. The van der Waals surface area contributed by atoms with Crippen LogP contribution in [0.3, 0.4) is 0 Å². The van der Waals surface area contributed by atoms with Gasteiger partial charge in [0.25, 0.3) is 0 Å². The monoisotopic (exact) mass is 320 g/mol. The number of halogens is 1. The van der Waals surface area contributed by atoms with E-state index in [-0.39, 0.29) is 0 Å². The maximum atomic E-state index is 11.4. The molecule has 0 radical (unpaired) electrons. The van der Waals surface area contributed by atoms with E-state index in [2.05, 4.69) is 31.0 Å². The molecular formula is C14H13BrN2O2. The Labute approximate surface area is 119 Å². The van der Waals surface area contributed by atoms with Crippen LogP contribution in [0.1, 0.15) is 16.1 Å². The fourth-order valence-corrected chi connectivity index (χ4v) is 1.83. The van der Waals surface area contributed by atoms with E-state index in [1.54, 1.807) is 12.3 Å². The van der Waals surface area contributed by atoms with Crippen LogP contribution in [0.2, 0.25) is 0 Å². The number of hydrogen-bond acceptors (Lipinski definition) is 4. The van der Waals surface area contributed by atoms with Gasteiger partial charge in [0.05, 0.1) is 7.11 Å². The molecule has 4 nitrogen and oxygen atoms in total. The maximum Gasteiger partial charge on any atom is 0.356 e. The van der Waals surface area contributed by atoms with E-state index in [0.717, 1.165) is 15.7 Å². The van der Waals surface area contributed by atoms with Crippen molar-refractivity contribution in [2.24, 2.45) is 0 Å². The van der Waals surface area contributed by atoms with Crippen molar-refractivity contribution in [1.82, 2.24) is 4.98 Å². The molecule has 0 fully saturated rings. The first-order valence-corrected chi connectivity index (χ1v) is 6.51. The summed E-state index contributed by atoms with van der Waals surface area (Å²) in [5.74, 6) is -0.438. The topological polar surface area (TPSA) is 51.2 Å². The van der Waals surface area contributed by atoms with E-state index >= 15 is 0 Å². The molecule has 5 heteroatoms. The highest BCUT2D eigenvalue weighted by molar-refractivity contribution is 9.10. The Hall–Kier alpha value is -1.88. The van der Waals surface area contributed by atoms with Gasteiger partial charge in [0, 0.05) is 22.9 Å². The third-order valence-electron chi connectivity index (χ3n) is 2.56. The van der Waals surface area contributed by atoms with Gasteiger partial charge in [-0.2, -0.15) is 0 Å². The largest absolute Gasteiger partial charge is 0.464 e. The van der Waals surface area contributed by atoms with Crippen LogP contribution >= 0.6 is 15.9 Å². The first-order valence-electron chi connectivity index (χ1n) is 5.72. The predicted octanol–water partition coefficient (Wildman–Crippen LogP) is 3.24. The van der Waals surface area contributed by atoms with Gasteiger partial charge < -0.3 is 10.1 Å². The Morgan fingerprint density at radius 1 is 1.32 bits per heavy atom. The molecule has 1 aromatic heterocycles. The van der Waals surface area contributed by atoms with Crippen molar-refractivity contribution < 1.29 is 9.53 Å². The highest BCUT2D eigenvalue weighted by Gasteiger charge is 2.07. The Balaban J connectivity index is 2.03. The van der Waals surface area contributed by atoms with Crippen molar-refractivity contribution in [3.63, 3.8) is 0 Å². The van der Waals surface area contributed by atoms with Gasteiger partial charge in [0.2, 0.25) is 0 Å². The lowest BCUT2D eigenvalue weighted by Crippen LogP contribution is -2.06. The Morgan fingerprint density at radius 2 is 2.05 bits per heavy atom. The molecule has 1 aromatic carbocycles. The Morgan fingerprint density at radius 3 is 2.74 bits per heavy atom. The molecule has 0 aliphatic carbocycles. The van der Waals surface area contributed by atoms with E-state index in [9.17, 15) is 4.79 Å². The minimum Gasteiger partial charge on any atom is -0.464 e. The van der Waals surface area contributed by atoms with Crippen LogP contribution in [0.15, 0.2) is 47.1 Å². The minimum atomic E-state index is -0.438. The summed E-state index contributed by atoms with van der Waals surface area (Å²) in [4.78, 5) is 15.3. The van der Waals surface area contributed by atoms with Gasteiger partial charge in [-0.3, -0.25) is 0 Å². The molecule has 1 N–H and O–H groups in total. The van der Waals surface area contributed by atoms with Gasteiger partial charge >= 0.3 is 5.97 Å². The van der Waals surface area contributed by atoms with E-state index < -0.39 is 5.97 Å². The zero-order chi connectivity index (χ0) is 13.7. The first kappa shape index (κ1) is 13.5. The lowest BCUT2D eigenvalue weighted by atomic mass is 10.2. The van der Waals surface area contributed by atoms with Gasteiger partial charge in [0.15, 0.2) is 0 Å². The second-order valence-corrected chi connectivity index (χ2v) is 4.82. The third kappa shape index (κ3) is 3.79. The van der Waals surface area contributed by atoms with Crippen molar-refractivity contribution in [3.8, 4) is 0 Å². The quantitative estimate of drug-likeness (QED) is 0.879. The number of aromatic nitrogens is 1. The number of methoxy groups -OCH3 is 1. The number of pyridine rings is 1. The van der Waals surface area contributed by atoms with Crippen molar-refractivity contribution in [2.75, 3.05) is 12.4 Å². The molecule has 2 aromatic rings. The van der Waals surface area contributed by atoms with Crippen molar-refractivity contribution in [2.45, 2.75) is 6.54 Å². The molecule has 0 atom stereocenters. The van der Waals surface area contributed by atoms with Crippen molar-refractivity contribution in [3.05, 3.63) is 58.3 Å². The summed E-state index contributed by atoms with van der Waals surface area (Å²) < 4.78 is 5.68. The predicted molar refractivity (Wildman–Crippen MR) is 77.0 cm³/mol. The molecule has 1 heterocycles. The lowest BCUT2D eigenvalue weighted by molar-refractivity contribution is 0.0594. The third-order valence-corrected chi connectivity index (χ3v) is 3.09. The summed E-state index contributed by atoms with van der Waals surface area (Å²) in [6.45, 7) is 0.678. The number of rotatable bonds is 4. The van der Waals surface area contributed by atoms with Crippen LogP contribution in [0, 0.1) is 0 Å². The van der Waals surface area contributed by atoms with Gasteiger partial charge in [-0.15, -0.1) is 0 Å². The van der Waals surface area contributed by atoms with E-state index in [4.69, 9.17) is 0 Å². The molecule has 2 rings (SSSR count). The number of benzene rings is 1. The highest BCUT2D eigenvalue weighted by atomic mass is 79.9. The van der Waals surface area contributed by atoms with Gasteiger partial charge in [-0.05, 0) is 29.8 Å². The smallest absolute Gasteiger partial charge is 0.356 e. The molecule has 0 amide bonds. The summed E-state index contributed by atoms with van der Waals surface area (Å²) in [5.41, 5.74) is 2.28. The number of esters is 1. The molecule has 19 heavy (non-hydrogen) atoms. The molecule has 0 aliphatic rings. The van der Waals surface area contributed by atoms with Crippen LogP contribution < -0.4 is 5.32 Å². The number of ether oxygens (including phenoxy) is 1. The normalized spacial score (nSPS) is 10.0. The fraction of sp³-hybridized carbons (Fsp3) is 0.143. The van der Waals surface area contributed by atoms with E-state index in [0.29, 0.717) is 12.2 Å². The van der Waals surface area contributed by atoms with Crippen molar-refractivity contribution in [1.29, 1.82) is 0 Å². The lowest BCUT2D eigenvalue weighted by Gasteiger charge is -2.07. The number of anilines is 1. The molecule has 0 unspecified atom stereocenters. The van der Waals surface area contributed by atoms with Crippen LogP contribution in [-0.2, 0) is 11.3 Å². The molecule has 0 spiro atoms. The molecule has 0 bridgehead atoms. The van der Waals surface area contributed by atoms with Crippen molar-refractivity contribution >= 4 is 27.6 Å². The summed E-state index contributed by atoms with van der Waals surface area (Å²) in [6, 6.07) is 11.5. The summed E-state index contributed by atoms with van der Waals surface area (Å²) in [6.07, 6.45) is 1.58. The van der Waals surface area contributed by atoms with Crippen LogP contribution in [0.25, 0.3) is 0 Å². The Bertz CT molecular complexity index is 570. The maximum absolute atomic E-state index is 11.4. The van der Waals surface area contributed by atoms with E-state index in [1.165, 1.54) is 7.11 Å². The summed E-state index contributed by atoms with van der Waals surface area (Å²) in [7, 11) is 1.34. The van der Waals surface area contributed by atoms with Crippen LogP contribution in [0.5, 0.6) is 0 Å². The number of nitrogens with zero attached hydrogens (tertiary/aromatic N) is 1. The minimum absolute atomic E-state index is 0.295. The zero-order valence-electron chi connectivity index (χ0n) is 10.4. The highest BCUT2D eigenvalue weighted by Crippen LogP contribution is 2.13. The fourth-order valence-electron chi connectivity index (χ4n) is 1.56. The standard InChI is InChI=1S/C14H13BrN2O2/c1-19-14(18)13-8-12(6-7-16-13)17-9-10-2-4-11(15)5-3-10/h2-8H,9H2,1H3,(H,16,17). The van der Waals surface area contributed by atoms with Gasteiger partial charge in [-0.25, -0.2) is 9.78 Å². The van der Waals surface area contributed by atoms with Gasteiger partial charge in [-0.1, -0.05) is 28.1 Å². The molecule has 0 saturated heterocycles. The first-order chi connectivity index (χ1) is 9.19. The van der Waals surface area contributed by atoms with Crippen LogP contribution in [-0.4, -0.2) is 18.1 Å². The molecule has 98 valence electrons. The molecule has 0 aliphatic heterocycles. The average Bonchev–Trinajstić information content (AvgIpc) is 2.46. The Kier molecular flexibility index (Phi) is 4.52. The van der Waals surface area contributed by atoms with Crippen LogP contribution in [0.4, 0.5) is 5.69 Å². The molecule has 0 saturated carbocycles.